The average Bonchev–Trinajstić information content (AvgIpc) is 2.55. The Morgan fingerprint density at radius 1 is 1.14 bits per heavy atom. The third-order valence-electron chi connectivity index (χ3n) is 3.39. The van der Waals surface area contributed by atoms with Gasteiger partial charge in [0.25, 0.3) is 5.69 Å². The zero-order chi connectivity index (χ0) is 15.8. The van der Waals surface area contributed by atoms with Crippen molar-refractivity contribution in [1.29, 1.82) is 0 Å². The van der Waals surface area contributed by atoms with Gasteiger partial charge in [-0.2, -0.15) is 0 Å². The summed E-state index contributed by atoms with van der Waals surface area (Å²) in [6, 6.07) is 16.7. The Bertz CT molecular complexity index is 585. The molecule has 2 aromatic carbocycles. The van der Waals surface area contributed by atoms with Crippen LogP contribution in [0.1, 0.15) is 24.9 Å². The van der Waals surface area contributed by atoms with Crippen LogP contribution in [0.2, 0.25) is 0 Å². The quantitative estimate of drug-likeness (QED) is 0.458. The molecule has 22 heavy (non-hydrogen) atoms. The average molecular weight is 300 g/mol. The number of nitrogens with one attached hydrogen (secondary N) is 1. The molecule has 0 aromatic heterocycles. The van der Waals surface area contributed by atoms with Gasteiger partial charge in [-0.1, -0.05) is 30.3 Å². The van der Waals surface area contributed by atoms with Gasteiger partial charge >= 0.3 is 0 Å². The number of hydrogen-bond acceptors (Lipinski definition) is 4. The molecule has 5 heteroatoms. The Kier molecular flexibility index (Phi) is 5.91. The standard InChI is InChI=1S/C17H20N2O3/c1-14(15-6-3-2-4-7-15)18-12-5-13-22-17-10-8-16(9-11-17)19(20)21/h2-4,6-11,14,18H,5,12-13H2,1H3. The monoisotopic (exact) mass is 300 g/mol. The molecule has 0 radical (unpaired) electrons. The van der Waals surface area contributed by atoms with Crippen molar-refractivity contribution in [3.8, 4) is 5.75 Å². The molecule has 0 amide bonds. The molecule has 0 spiro atoms. The predicted molar refractivity (Wildman–Crippen MR) is 86.1 cm³/mol. The second-order valence-corrected chi connectivity index (χ2v) is 5.04. The summed E-state index contributed by atoms with van der Waals surface area (Å²) in [7, 11) is 0. The van der Waals surface area contributed by atoms with Crippen LogP contribution in [0.25, 0.3) is 0 Å². The van der Waals surface area contributed by atoms with Crippen LogP contribution in [-0.4, -0.2) is 18.1 Å². The summed E-state index contributed by atoms with van der Waals surface area (Å²) in [4.78, 5) is 10.1. The zero-order valence-electron chi connectivity index (χ0n) is 12.6. The molecule has 0 fully saturated rings. The van der Waals surface area contributed by atoms with Crippen LogP contribution < -0.4 is 10.1 Å². The molecule has 0 bridgehead atoms. The minimum Gasteiger partial charge on any atom is -0.494 e. The van der Waals surface area contributed by atoms with Crippen molar-refractivity contribution in [3.05, 3.63) is 70.3 Å². The van der Waals surface area contributed by atoms with Crippen molar-refractivity contribution in [1.82, 2.24) is 5.32 Å². The summed E-state index contributed by atoms with van der Waals surface area (Å²) < 4.78 is 5.57. The fourth-order valence-electron chi connectivity index (χ4n) is 2.10. The van der Waals surface area contributed by atoms with Crippen molar-refractivity contribution in [2.45, 2.75) is 19.4 Å². The number of nitrogens with zero attached hydrogens (tertiary/aromatic N) is 1. The predicted octanol–water partition coefficient (Wildman–Crippen LogP) is 3.71. The van der Waals surface area contributed by atoms with Crippen LogP contribution in [-0.2, 0) is 0 Å². The van der Waals surface area contributed by atoms with E-state index in [0.29, 0.717) is 18.4 Å². The molecule has 0 saturated heterocycles. The van der Waals surface area contributed by atoms with E-state index in [1.807, 2.05) is 18.2 Å². The smallest absolute Gasteiger partial charge is 0.269 e. The van der Waals surface area contributed by atoms with Gasteiger partial charge < -0.3 is 10.1 Å². The van der Waals surface area contributed by atoms with Crippen LogP contribution in [0.5, 0.6) is 5.75 Å². The van der Waals surface area contributed by atoms with Crippen molar-refractivity contribution >= 4 is 5.69 Å². The number of benzene rings is 2. The molecule has 116 valence electrons. The zero-order valence-corrected chi connectivity index (χ0v) is 12.6. The van der Waals surface area contributed by atoms with E-state index in [1.165, 1.54) is 17.7 Å². The number of ether oxygens (including phenoxy) is 1. The third-order valence-corrected chi connectivity index (χ3v) is 3.39. The van der Waals surface area contributed by atoms with Crippen LogP contribution in [0.4, 0.5) is 5.69 Å². The lowest BCUT2D eigenvalue weighted by Gasteiger charge is -2.14. The highest BCUT2D eigenvalue weighted by molar-refractivity contribution is 5.35. The molecule has 0 saturated carbocycles. The van der Waals surface area contributed by atoms with Crippen LogP contribution in [0.15, 0.2) is 54.6 Å². The first-order valence-electron chi connectivity index (χ1n) is 7.32. The Balaban J connectivity index is 1.66. The fourth-order valence-corrected chi connectivity index (χ4v) is 2.10. The molecule has 1 atom stereocenters. The van der Waals surface area contributed by atoms with Crippen molar-refractivity contribution in [2.75, 3.05) is 13.2 Å². The first-order valence-corrected chi connectivity index (χ1v) is 7.32. The normalized spacial score (nSPS) is 11.9. The fraction of sp³-hybridized carbons (Fsp3) is 0.294. The number of non-ortho nitro benzene ring substituents is 1. The highest BCUT2D eigenvalue weighted by atomic mass is 16.6. The maximum absolute atomic E-state index is 10.5. The van der Waals surface area contributed by atoms with Gasteiger partial charge in [0.2, 0.25) is 0 Å². The third kappa shape index (κ3) is 4.86. The topological polar surface area (TPSA) is 64.4 Å². The summed E-state index contributed by atoms with van der Waals surface area (Å²) in [5, 5.41) is 14.0. The highest BCUT2D eigenvalue weighted by Crippen LogP contribution is 2.17. The number of rotatable bonds is 8. The van der Waals surface area contributed by atoms with Gasteiger partial charge in [-0.25, -0.2) is 0 Å². The molecule has 5 nitrogen and oxygen atoms in total. The van der Waals surface area contributed by atoms with Gasteiger partial charge in [0.05, 0.1) is 11.5 Å². The van der Waals surface area contributed by atoms with E-state index in [4.69, 9.17) is 4.74 Å². The molecule has 0 aliphatic heterocycles. The number of nitro groups is 1. The number of nitro benzene ring substituents is 1. The van der Waals surface area contributed by atoms with E-state index in [9.17, 15) is 10.1 Å². The Hall–Kier alpha value is -2.40. The summed E-state index contributed by atoms with van der Waals surface area (Å²) in [6.07, 6.45) is 0.869. The molecular formula is C17H20N2O3. The van der Waals surface area contributed by atoms with E-state index in [-0.39, 0.29) is 5.69 Å². The van der Waals surface area contributed by atoms with Gasteiger partial charge in [0.1, 0.15) is 5.75 Å². The number of hydrogen-bond donors (Lipinski definition) is 1. The van der Waals surface area contributed by atoms with E-state index in [2.05, 4.69) is 24.4 Å². The van der Waals surface area contributed by atoms with Crippen molar-refractivity contribution in [3.63, 3.8) is 0 Å². The second-order valence-electron chi connectivity index (χ2n) is 5.04. The van der Waals surface area contributed by atoms with E-state index in [0.717, 1.165) is 13.0 Å². The van der Waals surface area contributed by atoms with Crippen molar-refractivity contribution in [2.24, 2.45) is 0 Å². The van der Waals surface area contributed by atoms with E-state index < -0.39 is 4.92 Å². The SMILES string of the molecule is CC(NCCCOc1ccc([N+](=O)[O-])cc1)c1ccccc1. The Morgan fingerprint density at radius 3 is 2.45 bits per heavy atom. The highest BCUT2D eigenvalue weighted by Gasteiger charge is 2.05. The summed E-state index contributed by atoms with van der Waals surface area (Å²) in [6.45, 7) is 3.56. The summed E-state index contributed by atoms with van der Waals surface area (Å²) >= 11 is 0. The lowest BCUT2D eigenvalue weighted by molar-refractivity contribution is -0.384. The van der Waals surface area contributed by atoms with Crippen LogP contribution in [0, 0.1) is 10.1 Å². The lowest BCUT2D eigenvalue weighted by Crippen LogP contribution is -2.21. The maximum atomic E-state index is 10.5. The maximum Gasteiger partial charge on any atom is 0.269 e. The van der Waals surface area contributed by atoms with Crippen molar-refractivity contribution < 1.29 is 9.66 Å². The molecular weight excluding hydrogens is 280 g/mol. The first kappa shape index (κ1) is 16.0. The van der Waals surface area contributed by atoms with Gasteiger partial charge in [-0.3, -0.25) is 10.1 Å². The molecule has 2 rings (SSSR count). The van der Waals surface area contributed by atoms with Crippen LogP contribution >= 0.6 is 0 Å². The van der Waals surface area contributed by atoms with Gasteiger partial charge in [-0.15, -0.1) is 0 Å². The second kappa shape index (κ2) is 8.14. The molecule has 1 N–H and O–H groups in total. The summed E-state index contributed by atoms with van der Waals surface area (Å²) in [5.74, 6) is 0.654. The minimum atomic E-state index is -0.418. The lowest BCUT2D eigenvalue weighted by atomic mass is 10.1. The summed E-state index contributed by atoms with van der Waals surface area (Å²) in [5.41, 5.74) is 1.34. The van der Waals surface area contributed by atoms with Gasteiger partial charge in [-0.05, 0) is 37.6 Å². The van der Waals surface area contributed by atoms with E-state index in [1.54, 1.807) is 12.1 Å². The first-order chi connectivity index (χ1) is 10.7. The van der Waals surface area contributed by atoms with Crippen LogP contribution in [0.3, 0.4) is 0 Å². The molecule has 0 heterocycles. The Morgan fingerprint density at radius 2 is 1.82 bits per heavy atom. The molecule has 1 unspecified atom stereocenters. The molecule has 2 aromatic rings. The molecule has 0 aliphatic rings. The molecule has 0 aliphatic carbocycles. The van der Waals surface area contributed by atoms with E-state index >= 15 is 0 Å². The minimum absolute atomic E-state index is 0.0747. The Labute approximate surface area is 130 Å². The largest absolute Gasteiger partial charge is 0.494 e. The van der Waals surface area contributed by atoms with Gasteiger partial charge in [0, 0.05) is 18.2 Å². The van der Waals surface area contributed by atoms with Gasteiger partial charge in [0.15, 0.2) is 0 Å².